The molecule has 0 saturated carbocycles. The quantitative estimate of drug-likeness (QED) is 0.254. The van der Waals surface area contributed by atoms with Crippen molar-refractivity contribution in [1.82, 2.24) is 15.6 Å². The molecule has 2 aromatic rings. The number of hydrogen-bond acceptors (Lipinski definition) is 5. The first-order valence-electron chi connectivity index (χ1n) is 11.1. The maximum Gasteiger partial charge on any atom is 0.326 e. The Hall–Kier alpha value is -2.91. The van der Waals surface area contributed by atoms with Gasteiger partial charge in [0.2, 0.25) is 11.8 Å². The van der Waals surface area contributed by atoms with Crippen LogP contribution in [0.25, 0.3) is 10.9 Å². The monoisotopic (exact) mass is 445 g/mol. The predicted molar refractivity (Wildman–Crippen MR) is 124 cm³/mol. The second-order valence-corrected chi connectivity index (χ2v) is 8.22. The number of aromatic nitrogens is 1. The highest BCUT2D eigenvalue weighted by Gasteiger charge is 2.29. The largest absolute Gasteiger partial charge is 0.480 e. The molecule has 0 spiro atoms. The summed E-state index contributed by atoms with van der Waals surface area (Å²) in [6, 6.07) is 4.79. The number of aliphatic carboxylic acids is 1. The van der Waals surface area contributed by atoms with Crippen molar-refractivity contribution in [2.75, 3.05) is 6.54 Å². The lowest BCUT2D eigenvalue weighted by Gasteiger charge is -2.24. The molecule has 2 rings (SSSR count). The van der Waals surface area contributed by atoms with Crippen molar-refractivity contribution in [1.29, 1.82) is 0 Å². The van der Waals surface area contributed by atoms with E-state index in [0.717, 1.165) is 22.9 Å². The summed E-state index contributed by atoms with van der Waals surface area (Å²) < 4.78 is 0. The van der Waals surface area contributed by atoms with Crippen LogP contribution in [0.15, 0.2) is 30.5 Å². The summed E-state index contributed by atoms with van der Waals surface area (Å²) in [5.74, 6) is -2.15. The molecule has 0 saturated heterocycles. The fraction of sp³-hybridized carbons (Fsp3) is 0.522. The number of fused-ring (bicyclic) bond motifs is 1. The molecule has 32 heavy (non-hydrogen) atoms. The van der Waals surface area contributed by atoms with Gasteiger partial charge in [0.25, 0.3) is 0 Å². The minimum absolute atomic E-state index is 0.0450. The Bertz CT molecular complexity index is 913. The van der Waals surface area contributed by atoms with Gasteiger partial charge in [-0.15, -0.1) is 0 Å². The first-order chi connectivity index (χ1) is 15.3. The van der Waals surface area contributed by atoms with Crippen LogP contribution in [0.3, 0.4) is 0 Å². The summed E-state index contributed by atoms with van der Waals surface area (Å²) in [7, 11) is 0. The van der Waals surface area contributed by atoms with Gasteiger partial charge in [0.1, 0.15) is 12.1 Å². The van der Waals surface area contributed by atoms with Gasteiger partial charge in [-0.1, -0.05) is 38.5 Å². The normalized spacial score (nSPS) is 15.0. The number of aromatic amines is 1. The number of nitrogens with two attached hydrogens (primary N) is 2. The number of H-pyrrole nitrogens is 1. The van der Waals surface area contributed by atoms with Crippen LogP contribution in [0.5, 0.6) is 0 Å². The number of para-hydroxylation sites is 1. The highest BCUT2D eigenvalue weighted by Crippen LogP contribution is 2.19. The van der Waals surface area contributed by atoms with Crippen LogP contribution in [0.4, 0.5) is 0 Å². The minimum atomic E-state index is -1.15. The summed E-state index contributed by atoms with van der Waals surface area (Å²) in [6.45, 7) is 4.27. The Kier molecular flexibility index (Phi) is 9.67. The van der Waals surface area contributed by atoms with Gasteiger partial charge in [-0.2, -0.15) is 0 Å². The predicted octanol–water partition coefficient (Wildman–Crippen LogP) is 1.27. The molecule has 2 amide bonds. The van der Waals surface area contributed by atoms with Crippen LogP contribution in [0, 0.1) is 5.92 Å². The fourth-order valence-electron chi connectivity index (χ4n) is 3.53. The van der Waals surface area contributed by atoms with E-state index in [4.69, 9.17) is 11.5 Å². The molecule has 8 N–H and O–H groups in total. The van der Waals surface area contributed by atoms with Crippen LogP contribution in [0.2, 0.25) is 0 Å². The summed E-state index contributed by atoms with van der Waals surface area (Å²) in [6.07, 6.45) is 4.24. The number of carboxylic acids is 1. The van der Waals surface area contributed by atoms with Gasteiger partial charge < -0.3 is 32.2 Å². The lowest BCUT2D eigenvalue weighted by molar-refractivity contribution is -0.142. The molecule has 1 aromatic heterocycles. The molecular weight excluding hydrogens is 410 g/mol. The van der Waals surface area contributed by atoms with Crippen LogP contribution in [-0.4, -0.2) is 52.5 Å². The smallest absolute Gasteiger partial charge is 0.326 e. The standard InChI is InChI=1S/C23H35N5O4/c1-3-14(2)20(25)22(30)27-18(10-6-7-11-24)21(29)28-19(23(31)32)12-15-13-26-17-9-5-4-8-16(15)17/h4-5,8-9,13-14,18-20,26H,3,6-7,10-12,24-25H2,1-2H3,(H,27,30)(H,28,29)(H,31,32)/t14-,18-,19-,20-/m0/s1. The molecule has 4 atom stereocenters. The highest BCUT2D eigenvalue weighted by atomic mass is 16.4. The van der Waals surface area contributed by atoms with Crippen LogP contribution in [-0.2, 0) is 20.8 Å². The zero-order valence-corrected chi connectivity index (χ0v) is 18.8. The fourth-order valence-corrected chi connectivity index (χ4v) is 3.53. The molecular formula is C23H35N5O4. The summed E-state index contributed by atoms with van der Waals surface area (Å²) in [4.78, 5) is 40.5. The van der Waals surface area contributed by atoms with E-state index >= 15 is 0 Å². The number of unbranched alkanes of at least 4 members (excludes halogenated alkanes) is 1. The minimum Gasteiger partial charge on any atom is -0.480 e. The molecule has 1 heterocycles. The SMILES string of the molecule is CC[C@H](C)[C@H](N)C(=O)N[C@@H](CCCCN)C(=O)N[C@@H](Cc1c[nH]c2ccccc12)C(=O)O. The van der Waals surface area contributed by atoms with E-state index in [1.165, 1.54) is 0 Å². The van der Waals surface area contributed by atoms with E-state index in [1.54, 1.807) is 6.20 Å². The molecule has 0 fully saturated rings. The van der Waals surface area contributed by atoms with Crippen LogP contribution in [0.1, 0.15) is 45.1 Å². The third-order valence-electron chi connectivity index (χ3n) is 5.85. The summed E-state index contributed by atoms with van der Waals surface area (Å²) >= 11 is 0. The molecule has 0 unspecified atom stereocenters. The van der Waals surface area contributed by atoms with E-state index in [1.807, 2.05) is 38.1 Å². The third kappa shape index (κ3) is 6.80. The maximum atomic E-state index is 13.0. The van der Waals surface area contributed by atoms with E-state index in [-0.39, 0.29) is 12.3 Å². The first kappa shape index (κ1) is 25.4. The van der Waals surface area contributed by atoms with Crippen molar-refractivity contribution in [3.63, 3.8) is 0 Å². The average molecular weight is 446 g/mol. The van der Waals surface area contributed by atoms with Crippen molar-refractivity contribution >= 4 is 28.7 Å². The Morgan fingerprint density at radius 3 is 2.44 bits per heavy atom. The molecule has 0 radical (unpaired) electrons. The lowest BCUT2D eigenvalue weighted by atomic mass is 9.98. The molecule has 0 aliphatic carbocycles. The van der Waals surface area contributed by atoms with Crippen molar-refractivity contribution in [3.05, 3.63) is 36.0 Å². The topological polar surface area (TPSA) is 163 Å². The Balaban J connectivity index is 2.12. The zero-order valence-electron chi connectivity index (χ0n) is 18.8. The molecule has 176 valence electrons. The van der Waals surface area contributed by atoms with E-state index < -0.39 is 35.9 Å². The van der Waals surface area contributed by atoms with E-state index in [2.05, 4.69) is 15.6 Å². The molecule has 9 nitrogen and oxygen atoms in total. The molecule has 0 bridgehead atoms. The van der Waals surface area contributed by atoms with Gasteiger partial charge >= 0.3 is 5.97 Å². The van der Waals surface area contributed by atoms with E-state index in [9.17, 15) is 19.5 Å². The van der Waals surface area contributed by atoms with Crippen molar-refractivity contribution in [2.24, 2.45) is 17.4 Å². The van der Waals surface area contributed by atoms with Gasteiger partial charge in [-0.05, 0) is 43.4 Å². The Morgan fingerprint density at radius 2 is 1.78 bits per heavy atom. The van der Waals surface area contributed by atoms with Crippen molar-refractivity contribution < 1.29 is 19.5 Å². The second-order valence-electron chi connectivity index (χ2n) is 8.22. The van der Waals surface area contributed by atoms with Gasteiger partial charge in [-0.3, -0.25) is 9.59 Å². The van der Waals surface area contributed by atoms with Crippen LogP contribution < -0.4 is 22.1 Å². The number of benzene rings is 1. The molecule has 9 heteroatoms. The molecule has 0 aliphatic rings. The maximum absolute atomic E-state index is 13.0. The highest BCUT2D eigenvalue weighted by molar-refractivity contribution is 5.92. The second kappa shape index (κ2) is 12.2. The number of carbonyl (C=O) groups is 3. The van der Waals surface area contributed by atoms with Crippen LogP contribution >= 0.6 is 0 Å². The number of nitrogens with one attached hydrogen (secondary N) is 3. The summed E-state index contributed by atoms with van der Waals surface area (Å²) in [5, 5.41) is 15.9. The number of hydrogen-bond donors (Lipinski definition) is 6. The van der Waals surface area contributed by atoms with Gasteiger partial charge in [0, 0.05) is 23.5 Å². The zero-order chi connectivity index (χ0) is 23.7. The van der Waals surface area contributed by atoms with Crippen molar-refractivity contribution in [2.45, 2.75) is 64.1 Å². The molecule has 0 aliphatic heterocycles. The number of carbonyl (C=O) groups excluding carboxylic acids is 2. The lowest BCUT2D eigenvalue weighted by Crippen LogP contribution is -2.55. The van der Waals surface area contributed by atoms with Crippen molar-refractivity contribution in [3.8, 4) is 0 Å². The van der Waals surface area contributed by atoms with Gasteiger partial charge in [0.15, 0.2) is 0 Å². The average Bonchev–Trinajstić information content (AvgIpc) is 3.19. The van der Waals surface area contributed by atoms with Gasteiger partial charge in [0.05, 0.1) is 6.04 Å². The van der Waals surface area contributed by atoms with Gasteiger partial charge in [-0.25, -0.2) is 4.79 Å². The third-order valence-corrected chi connectivity index (χ3v) is 5.85. The number of amides is 2. The van der Waals surface area contributed by atoms with E-state index in [0.29, 0.717) is 25.8 Å². The Morgan fingerprint density at radius 1 is 1.09 bits per heavy atom. The summed E-state index contributed by atoms with van der Waals surface area (Å²) in [5.41, 5.74) is 13.2. The molecule has 1 aromatic carbocycles. The number of carboxylic acid groups (broad SMARTS) is 1. The number of rotatable bonds is 13. The Labute approximate surface area is 188 Å². The first-order valence-corrected chi connectivity index (χ1v) is 11.1.